The summed E-state index contributed by atoms with van der Waals surface area (Å²) < 4.78 is 13.9. The molecular formula is C21H25ClFN3O. The molecule has 0 atom stereocenters. The highest BCUT2D eigenvalue weighted by Crippen LogP contribution is 2.27. The average molecular weight is 390 g/mol. The molecule has 2 aliphatic heterocycles. The van der Waals surface area contributed by atoms with Crippen molar-refractivity contribution in [3.63, 3.8) is 0 Å². The maximum Gasteiger partial charge on any atom is 0.241 e. The third-order valence-electron chi connectivity index (χ3n) is 5.34. The molecular weight excluding hydrogens is 365 g/mol. The summed E-state index contributed by atoms with van der Waals surface area (Å²) in [6.45, 7) is 4.26. The van der Waals surface area contributed by atoms with Gasteiger partial charge in [0.25, 0.3) is 0 Å². The number of amides is 1. The standard InChI is InChI=1S/C21H24FN3O.ClH/c22-18-8-2-4-10-20(18)24-14-12-23(13-15-24)16-21(26)25-11-5-7-17-6-1-3-9-19(17)25;/h1-4,6,8-10H,5,7,11-16H2;1H. The van der Waals surface area contributed by atoms with Crippen LogP contribution < -0.4 is 9.80 Å². The zero-order valence-corrected chi connectivity index (χ0v) is 16.1. The smallest absolute Gasteiger partial charge is 0.241 e. The average Bonchev–Trinajstić information content (AvgIpc) is 2.68. The van der Waals surface area contributed by atoms with Crippen molar-refractivity contribution in [3.8, 4) is 0 Å². The number of piperazine rings is 1. The SMILES string of the molecule is Cl.O=C(CN1CCN(c2ccccc2F)CC1)N1CCCc2ccccc21. The highest BCUT2D eigenvalue weighted by Gasteiger charge is 2.26. The highest BCUT2D eigenvalue weighted by molar-refractivity contribution is 5.96. The van der Waals surface area contributed by atoms with E-state index in [1.807, 2.05) is 35.2 Å². The van der Waals surface area contributed by atoms with Crippen molar-refractivity contribution < 1.29 is 9.18 Å². The zero-order chi connectivity index (χ0) is 17.9. The van der Waals surface area contributed by atoms with Crippen LogP contribution in [-0.4, -0.2) is 50.1 Å². The maximum absolute atomic E-state index is 13.9. The molecule has 27 heavy (non-hydrogen) atoms. The number of carbonyl (C=O) groups is 1. The molecule has 0 radical (unpaired) electrons. The van der Waals surface area contributed by atoms with E-state index in [1.54, 1.807) is 6.07 Å². The van der Waals surface area contributed by atoms with Crippen molar-refractivity contribution in [2.45, 2.75) is 12.8 Å². The molecule has 0 aromatic heterocycles. The molecule has 0 aliphatic carbocycles. The summed E-state index contributed by atoms with van der Waals surface area (Å²) in [5.74, 6) is -0.0153. The summed E-state index contributed by atoms with van der Waals surface area (Å²) in [5, 5.41) is 0. The fourth-order valence-corrected chi connectivity index (χ4v) is 3.92. The van der Waals surface area contributed by atoms with Gasteiger partial charge in [-0.05, 0) is 36.6 Å². The number of anilines is 2. The monoisotopic (exact) mass is 389 g/mol. The lowest BCUT2D eigenvalue weighted by molar-refractivity contribution is -0.119. The van der Waals surface area contributed by atoms with E-state index < -0.39 is 0 Å². The molecule has 2 aliphatic rings. The summed E-state index contributed by atoms with van der Waals surface area (Å²) in [5.41, 5.74) is 2.98. The largest absolute Gasteiger partial charge is 0.367 e. The molecule has 0 saturated carbocycles. The molecule has 144 valence electrons. The lowest BCUT2D eigenvalue weighted by atomic mass is 10.0. The summed E-state index contributed by atoms with van der Waals surface area (Å²) in [6, 6.07) is 15.1. The van der Waals surface area contributed by atoms with E-state index in [1.165, 1.54) is 11.6 Å². The second-order valence-corrected chi connectivity index (χ2v) is 6.99. The minimum atomic E-state index is -0.179. The molecule has 0 unspecified atom stereocenters. The molecule has 4 rings (SSSR count). The number of fused-ring (bicyclic) bond motifs is 1. The second kappa shape index (κ2) is 8.72. The third-order valence-corrected chi connectivity index (χ3v) is 5.34. The van der Waals surface area contributed by atoms with Crippen LogP contribution in [0.3, 0.4) is 0 Å². The van der Waals surface area contributed by atoms with Gasteiger partial charge in [0.1, 0.15) is 5.82 Å². The van der Waals surface area contributed by atoms with Crippen LogP contribution >= 0.6 is 12.4 Å². The van der Waals surface area contributed by atoms with Crippen molar-refractivity contribution in [3.05, 3.63) is 59.9 Å². The van der Waals surface area contributed by atoms with E-state index in [0.717, 1.165) is 51.3 Å². The van der Waals surface area contributed by atoms with Gasteiger partial charge in [-0.3, -0.25) is 9.69 Å². The lowest BCUT2D eigenvalue weighted by Gasteiger charge is -2.37. The second-order valence-electron chi connectivity index (χ2n) is 6.99. The van der Waals surface area contributed by atoms with E-state index in [4.69, 9.17) is 0 Å². The Morgan fingerprint density at radius 2 is 1.56 bits per heavy atom. The molecule has 2 heterocycles. The summed E-state index contributed by atoms with van der Waals surface area (Å²) >= 11 is 0. The predicted molar refractivity (Wildman–Crippen MR) is 109 cm³/mol. The van der Waals surface area contributed by atoms with Gasteiger partial charge in [0, 0.05) is 38.4 Å². The van der Waals surface area contributed by atoms with E-state index in [0.29, 0.717) is 12.2 Å². The third kappa shape index (κ3) is 4.25. The first kappa shape index (κ1) is 19.6. The maximum atomic E-state index is 13.9. The van der Waals surface area contributed by atoms with E-state index >= 15 is 0 Å². The number of para-hydroxylation sites is 2. The number of nitrogens with zero attached hydrogens (tertiary/aromatic N) is 3. The molecule has 6 heteroatoms. The molecule has 2 aromatic rings. The molecule has 0 spiro atoms. The molecule has 4 nitrogen and oxygen atoms in total. The highest BCUT2D eigenvalue weighted by atomic mass is 35.5. The van der Waals surface area contributed by atoms with Gasteiger partial charge in [-0.2, -0.15) is 0 Å². The van der Waals surface area contributed by atoms with Crippen molar-refractivity contribution >= 4 is 29.7 Å². The van der Waals surface area contributed by atoms with Gasteiger partial charge in [0.2, 0.25) is 5.91 Å². The first-order valence-electron chi connectivity index (χ1n) is 9.32. The Balaban J connectivity index is 0.00000210. The van der Waals surface area contributed by atoms with Gasteiger partial charge < -0.3 is 9.80 Å². The Bertz CT molecular complexity index is 793. The number of hydrogen-bond donors (Lipinski definition) is 0. The number of halogens is 2. The van der Waals surface area contributed by atoms with E-state index in [-0.39, 0.29) is 24.1 Å². The number of benzene rings is 2. The molecule has 1 fully saturated rings. The first-order chi connectivity index (χ1) is 12.7. The van der Waals surface area contributed by atoms with Gasteiger partial charge in [-0.1, -0.05) is 30.3 Å². The van der Waals surface area contributed by atoms with Crippen LogP contribution in [0.25, 0.3) is 0 Å². The summed E-state index contributed by atoms with van der Waals surface area (Å²) in [4.78, 5) is 19.0. The molecule has 0 bridgehead atoms. The Hall–Kier alpha value is -2.11. The van der Waals surface area contributed by atoms with Crippen LogP contribution in [0.4, 0.5) is 15.8 Å². The van der Waals surface area contributed by atoms with Crippen LogP contribution in [0.1, 0.15) is 12.0 Å². The van der Waals surface area contributed by atoms with Gasteiger partial charge >= 0.3 is 0 Å². The number of carbonyl (C=O) groups excluding carboxylic acids is 1. The van der Waals surface area contributed by atoms with Gasteiger partial charge in [0.15, 0.2) is 0 Å². The zero-order valence-electron chi connectivity index (χ0n) is 15.3. The molecule has 0 N–H and O–H groups in total. The Kier molecular flexibility index (Phi) is 6.34. The van der Waals surface area contributed by atoms with Crippen LogP contribution in [0.2, 0.25) is 0 Å². The first-order valence-corrected chi connectivity index (χ1v) is 9.32. The van der Waals surface area contributed by atoms with E-state index in [2.05, 4.69) is 15.9 Å². The fraction of sp³-hybridized carbons (Fsp3) is 0.381. The van der Waals surface area contributed by atoms with Crippen molar-refractivity contribution in [1.82, 2.24) is 4.90 Å². The summed E-state index contributed by atoms with van der Waals surface area (Å²) in [6.07, 6.45) is 2.06. The quantitative estimate of drug-likeness (QED) is 0.805. The number of rotatable bonds is 3. The lowest BCUT2D eigenvalue weighted by Crippen LogP contribution is -2.51. The van der Waals surface area contributed by atoms with Gasteiger partial charge in [0.05, 0.1) is 12.2 Å². The van der Waals surface area contributed by atoms with Crippen LogP contribution in [0.15, 0.2) is 48.5 Å². The molecule has 2 aromatic carbocycles. The van der Waals surface area contributed by atoms with Gasteiger partial charge in [-0.25, -0.2) is 4.39 Å². The predicted octanol–water partition coefficient (Wildman–Crippen LogP) is 3.35. The van der Waals surface area contributed by atoms with Crippen molar-refractivity contribution in [2.75, 3.05) is 49.1 Å². The van der Waals surface area contributed by atoms with Crippen molar-refractivity contribution in [2.24, 2.45) is 0 Å². The molecule has 1 saturated heterocycles. The fourth-order valence-electron chi connectivity index (χ4n) is 3.92. The Labute approximate surface area is 166 Å². The number of aryl methyl sites for hydroxylation is 1. The van der Waals surface area contributed by atoms with Gasteiger partial charge in [-0.15, -0.1) is 12.4 Å². The van der Waals surface area contributed by atoms with Crippen LogP contribution in [0.5, 0.6) is 0 Å². The van der Waals surface area contributed by atoms with Crippen molar-refractivity contribution in [1.29, 1.82) is 0 Å². The molecule has 1 amide bonds. The number of hydrogen-bond acceptors (Lipinski definition) is 3. The minimum Gasteiger partial charge on any atom is -0.367 e. The van der Waals surface area contributed by atoms with Crippen LogP contribution in [0, 0.1) is 5.82 Å². The van der Waals surface area contributed by atoms with Crippen LogP contribution in [-0.2, 0) is 11.2 Å². The Morgan fingerprint density at radius 1 is 0.889 bits per heavy atom. The topological polar surface area (TPSA) is 26.8 Å². The Morgan fingerprint density at radius 3 is 2.30 bits per heavy atom. The van der Waals surface area contributed by atoms with E-state index in [9.17, 15) is 9.18 Å². The normalized spacial score (nSPS) is 17.2. The minimum absolute atomic E-state index is 0. The summed E-state index contributed by atoms with van der Waals surface area (Å²) in [7, 11) is 0.